The Kier molecular flexibility index (Phi) is 4.08. The maximum absolute atomic E-state index is 12.4. The number of carbonyl (C=O) groups is 2. The third-order valence-corrected chi connectivity index (χ3v) is 5.30. The molecule has 2 N–H and O–H groups in total. The first-order chi connectivity index (χ1) is 11.3. The lowest BCUT2D eigenvalue weighted by atomic mass is 9.81. The van der Waals surface area contributed by atoms with Crippen LogP contribution in [0.1, 0.15) is 19.3 Å². The number of anilines is 1. The molecule has 1 aliphatic heterocycles. The van der Waals surface area contributed by atoms with E-state index in [0.29, 0.717) is 13.0 Å². The van der Waals surface area contributed by atoms with Gasteiger partial charge in [-0.05, 0) is 30.9 Å². The fraction of sp³-hybridized carbons (Fsp3) is 0.467. The Morgan fingerprint density at radius 2 is 2.21 bits per heavy atom. The predicted octanol–water partition coefficient (Wildman–Crippen LogP) is 2.97. The van der Waals surface area contributed by atoms with Crippen LogP contribution in [0.25, 0.3) is 0 Å². The van der Waals surface area contributed by atoms with E-state index in [1.54, 1.807) is 0 Å². The number of halogens is 1. The molecule has 3 rings (SSSR count). The van der Waals surface area contributed by atoms with E-state index in [9.17, 15) is 24.8 Å². The molecule has 1 saturated heterocycles. The zero-order chi connectivity index (χ0) is 17.5. The molecule has 0 radical (unpaired) electrons. The summed E-state index contributed by atoms with van der Waals surface area (Å²) in [6.45, 7) is 0.544. The van der Waals surface area contributed by atoms with Crippen molar-refractivity contribution in [1.29, 1.82) is 0 Å². The van der Waals surface area contributed by atoms with Crippen molar-refractivity contribution in [2.24, 2.45) is 11.3 Å². The summed E-state index contributed by atoms with van der Waals surface area (Å²) >= 11 is 5.74. The number of nitrogens with one attached hydrogen (secondary N) is 1. The average Bonchev–Trinajstić information content (AvgIpc) is 3.06. The highest BCUT2D eigenvalue weighted by atomic mass is 35.5. The highest BCUT2D eigenvalue weighted by Gasteiger charge is 2.55. The first kappa shape index (κ1) is 16.5. The van der Waals surface area contributed by atoms with Crippen LogP contribution >= 0.6 is 11.6 Å². The number of aliphatic carboxylic acids is 1. The first-order valence-corrected chi connectivity index (χ1v) is 7.94. The highest BCUT2D eigenvalue weighted by molar-refractivity contribution is 6.32. The van der Waals surface area contributed by atoms with Gasteiger partial charge in [0.15, 0.2) is 0 Å². The van der Waals surface area contributed by atoms with Gasteiger partial charge in [-0.15, -0.1) is 0 Å². The number of benzene rings is 1. The number of likely N-dealkylation sites (tertiary alicyclic amines) is 1. The van der Waals surface area contributed by atoms with Gasteiger partial charge in [-0.1, -0.05) is 18.0 Å². The van der Waals surface area contributed by atoms with Gasteiger partial charge in [0.25, 0.3) is 5.69 Å². The number of nitrogens with zero attached hydrogens (tertiary/aromatic N) is 2. The number of hydrogen-bond donors (Lipinski definition) is 2. The molecule has 1 aromatic rings. The fourth-order valence-corrected chi connectivity index (χ4v) is 3.91. The lowest BCUT2D eigenvalue weighted by molar-refractivity contribution is -0.384. The summed E-state index contributed by atoms with van der Waals surface area (Å²) in [7, 11) is 0. The van der Waals surface area contributed by atoms with E-state index in [1.807, 2.05) is 0 Å². The number of carbonyl (C=O) groups excluding carboxylic acids is 1. The van der Waals surface area contributed by atoms with Gasteiger partial charge < -0.3 is 15.3 Å². The number of nitro groups is 1. The Bertz CT molecular complexity index is 725. The number of hydrogen-bond acceptors (Lipinski definition) is 4. The molecule has 1 heterocycles. The van der Waals surface area contributed by atoms with Crippen molar-refractivity contribution in [3.05, 3.63) is 33.3 Å². The Balaban J connectivity index is 1.74. The topological polar surface area (TPSA) is 113 Å². The van der Waals surface area contributed by atoms with Crippen molar-refractivity contribution in [2.75, 3.05) is 18.4 Å². The van der Waals surface area contributed by atoms with Gasteiger partial charge in [0.2, 0.25) is 0 Å². The summed E-state index contributed by atoms with van der Waals surface area (Å²) in [4.78, 5) is 35.8. The lowest BCUT2D eigenvalue weighted by Gasteiger charge is -2.23. The number of nitro benzene ring substituents is 1. The van der Waals surface area contributed by atoms with Gasteiger partial charge in [0.05, 0.1) is 10.3 Å². The molecule has 2 aliphatic rings. The summed E-state index contributed by atoms with van der Waals surface area (Å²) in [6, 6.07) is 3.54. The van der Waals surface area contributed by atoms with Crippen LogP contribution in [0, 0.1) is 21.4 Å². The molecule has 1 aromatic carbocycles. The van der Waals surface area contributed by atoms with Crippen LogP contribution in [0.15, 0.2) is 18.2 Å². The molecule has 1 saturated carbocycles. The normalized spacial score (nSPS) is 25.4. The van der Waals surface area contributed by atoms with Crippen LogP contribution in [0.5, 0.6) is 0 Å². The van der Waals surface area contributed by atoms with Gasteiger partial charge in [-0.25, -0.2) is 4.79 Å². The molecule has 0 bridgehead atoms. The van der Waals surface area contributed by atoms with Gasteiger partial charge >= 0.3 is 12.0 Å². The molecule has 2 atom stereocenters. The van der Waals surface area contributed by atoms with E-state index in [2.05, 4.69) is 5.32 Å². The molecule has 0 unspecified atom stereocenters. The van der Waals surface area contributed by atoms with Crippen LogP contribution in [0.2, 0.25) is 5.02 Å². The molecule has 1 aliphatic carbocycles. The van der Waals surface area contributed by atoms with Crippen molar-refractivity contribution in [3.8, 4) is 0 Å². The van der Waals surface area contributed by atoms with E-state index in [-0.39, 0.29) is 28.9 Å². The number of urea groups is 1. The minimum absolute atomic E-state index is 0.0152. The molecule has 0 spiro atoms. The van der Waals surface area contributed by atoms with Crippen LogP contribution in [0.4, 0.5) is 16.2 Å². The molecule has 128 valence electrons. The molecule has 24 heavy (non-hydrogen) atoms. The zero-order valence-electron chi connectivity index (χ0n) is 12.7. The number of carboxylic acid groups (broad SMARTS) is 1. The third kappa shape index (κ3) is 2.66. The largest absolute Gasteiger partial charge is 0.481 e. The van der Waals surface area contributed by atoms with Crippen molar-refractivity contribution in [3.63, 3.8) is 0 Å². The molecule has 2 amide bonds. The van der Waals surface area contributed by atoms with Crippen molar-refractivity contribution >= 4 is 35.0 Å². The number of fused-ring (bicyclic) bond motifs is 1. The Morgan fingerprint density at radius 1 is 1.46 bits per heavy atom. The standard InChI is InChI=1S/C15H16ClN3O5/c16-11-4-3-10(6-12(11)19(23)24)17-14(22)18-7-9-2-1-5-15(9,8-18)13(20)21/h3-4,6,9H,1-2,5,7-8H2,(H,17,22)(H,20,21)/t9-,15+/m0/s1. The summed E-state index contributed by atoms with van der Waals surface area (Å²) in [6.07, 6.45) is 2.22. The van der Waals surface area contributed by atoms with Crippen LogP contribution in [0.3, 0.4) is 0 Å². The van der Waals surface area contributed by atoms with Gasteiger partial charge in [-0.2, -0.15) is 0 Å². The van der Waals surface area contributed by atoms with Crippen LogP contribution in [-0.2, 0) is 4.79 Å². The van der Waals surface area contributed by atoms with E-state index < -0.39 is 22.3 Å². The number of amides is 2. The fourth-order valence-electron chi connectivity index (χ4n) is 3.73. The van der Waals surface area contributed by atoms with Crippen molar-refractivity contribution < 1.29 is 19.6 Å². The van der Waals surface area contributed by atoms with Crippen molar-refractivity contribution in [2.45, 2.75) is 19.3 Å². The minimum atomic E-state index is -0.859. The number of rotatable bonds is 3. The predicted molar refractivity (Wildman–Crippen MR) is 86.1 cm³/mol. The summed E-state index contributed by atoms with van der Waals surface area (Å²) in [5.74, 6) is -0.900. The van der Waals surface area contributed by atoms with Crippen LogP contribution in [-0.4, -0.2) is 40.0 Å². The highest BCUT2D eigenvalue weighted by Crippen LogP contribution is 2.49. The molecular weight excluding hydrogens is 338 g/mol. The summed E-state index contributed by atoms with van der Waals surface area (Å²) < 4.78 is 0. The van der Waals surface area contributed by atoms with E-state index in [1.165, 1.54) is 23.1 Å². The average molecular weight is 354 g/mol. The maximum Gasteiger partial charge on any atom is 0.321 e. The first-order valence-electron chi connectivity index (χ1n) is 7.57. The second-order valence-electron chi connectivity index (χ2n) is 6.28. The zero-order valence-corrected chi connectivity index (χ0v) is 13.5. The minimum Gasteiger partial charge on any atom is -0.481 e. The maximum atomic E-state index is 12.4. The lowest BCUT2D eigenvalue weighted by Crippen LogP contribution is -2.38. The van der Waals surface area contributed by atoms with Crippen LogP contribution < -0.4 is 5.32 Å². The summed E-state index contributed by atoms with van der Waals surface area (Å²) in [5.41, 5.74) is -0.907. The Morgan fingerprint density at radius 3 is 2.83 bits per heavy atom. The second-order valence-corrected chi connectivity index (χ2v) is 6.69. The monoisotopic (exact) mass is 353 g/mol. The molecule has 8 nitrogen and oxygen atoms in total. The second kappa shape index (κ2) is 5.94. The van der Waals surface area contributed by atoms with Gasteiger partial charge in [0.1, 0.15) is 5.02 Å². The smallest absolute Gasteiger partial charge is 0.321 e. The van der Waals surface area contributed by atoms with E-state index >= 15 is 0 Å². The summed E-state index contributed by atoms with van der Waals surface area (Å²) in [5, 5.41) is 23.0. The van der Waals surface area contributed by atoms with Gasteiger partial charge in [-0.3, -0.25) is 14.9 Å². The number of carboxylic acids is 1. The van der Waals surface area contributed by atoms with Gasteiger partial charge in [0, 0.05) is 24.8 Å². The molecule has 9 heteroatoms. The van der Waals surface area contributed by atoms with E-state index in [4.69, 9.17) is 11.6 Å². The van der Waals surface area contributed by atoms with E-state index in [0.717, 1.165) is 12.8 Å². The molecule has 0 aromatic heterocycles. The SMILES string of the molecule is O=C(Nc1ccc(Cl)c([N+](=O)[O-])c1)N1C[C@@H]2CCC[C@@]2(C(=O)O)C1. The molecular formula is C15H16ClN3O5. The van der Waals surface area contributed by atoms with Crippen molar-refractivity contribution in [1.82, 2.24) is 4.90 Å². The Hall–Kier alpha value is -2.35. The molecule has 2 fully saturated rings. The third-order valence-electron chi connectivity index (χ3n) is 4.98. The quantitative estimate of drug-likeness (QED) is 0.640. The Labute approximate surface area is 142 Å².